The smallest absolute Gasteiger partial charge is 0.240 e. The maximum atomic E-state index is 14.4. The van der Waals surface area contributed by atoms with E-state index in [1.807, 2.05) is 0 Å². The molecule has 49 heavy (non-hydrogen) atoms. The molecule has 6 heterocycles. The Hall–Kier alpha value is -4.15. The molecular formula is C35H36N4O10. The van der Waals surface area contributed by atoms with Gasteiger partial charge in [0.05, 0.1) is 17.2 Å². The Morgan fingerprint density at radius 3 is 2.51 bits per heavy atom. The van der Waals surface area contributed by atoms with Gasteiger partial charge in [0.2, 0.25) is 11.6 Å². The first-order chi connectivity index (χ1) is 23.4. The molecular weight excluding hydrogens is 636 g/mol. The van der Waals surface area contributed by atoms with Gasteiger partial charge >= 0.3 is 0 Å². The Labute approximate surface area is 279 Å². The summed E-state index contributed by atoms with van der Waals surface area (Å²) in [5, 5.41) is 73.1. The first-order valence-corrected chi connectivity index (χ1v) is 16.6. The molecule has 2 aliphatic carbocycles. The average molecular weight is 673 g/mol. The molecule has 0 amide bonds. The van der Waals surface area contributed by atoms with Crippen LogP contribution in [0.3, 0.4) is 0 Å². The molecule has 7 atom stereocenters. The van der Waals surface area contributed by atoms with E-state index < -0.39 is 59.0 Å². The van der Waals surface area contributed by atoms with E-state index in [-0.39, 0.29) is 53.1 Å². The largest absolute Gasteiger partial charge is 0.507 e. The molecule has 2 fully saturated rings. The number of anilines is 1. The standard InChI is InChI=1S/C35H36N4O10/c1-14-10-17-22(18(40)11-14)26(43)24-23(25(17)42)15-5-9-36-31-21(15)16-4-8-35(48-28(16)24)30(46)27(44)29(45)34(49-35)12-19(38-39-32(34)47)33(6-2-3-7-33)20(41)13-37-31/h5,9-12,20,27,29-30,32,38-41,44-47H,2-4,6-8,13H2,1H3,(H,36,37). The molecule has 10 rings (SSSR count). The molecule has 1 saturated carbocycles. The fourth-order valence-corrected chi connectivity index (χ4v) is 9.17. The van der Waals surface area contributed by atoms with Crippen LogP contribution in [-0.4, -0.2) is 95.8 Å². The van der Waals surface area contributed by atoms with Crippen LogP contribution in [0, 0.1) is 12.3 Å². The SMILES string of the molecule is Cc1cc(O)c2c(c1)C(=O)c1c(c3c4c5c(nccc15)NCC(O)C1(CCCC1)C1=CC5(OC(CC4)(O3)C(O)C(O)C5O)C(O)NN1)C2=O. The Morgan fingerprint density at radius 1 is 0.959 bits per heavy atom. The van der Waals surface area contributed by atoms with Gasteiger partial charge in [0.1, 0.15) is 35.6 Å². The van der Waals surface area contributed by atoms with E-state index in [2.05, 4.69) is 21.2 Å². The third-order valence-electron chi connectivity index (χ3n) is 11.6. The van der Waals surface area contributed by atoms with Crippen LogP contribution in [0.25, 0.3) is 10.8 Å². The summed E-state index contributed by atoms with van der Waals surface area (Å²) >= 11 is 0. The third kappa shape index (κ3) is 3.87. The van der Waals surface area contributed by atoms with Gasteiger partial charge in [-0.3, -0.25) is 9.59 Å². The van der Waals surface area contributed by atoms with E-state index in [0.717, 1.165) is 12.8 Å². The molecule has 5 aliphatic heterocycles. The van der Waals surface area contributed by atoms with Crippen molar-refractivity contribution in [2.45, 2.75) is 87.5 Å². The number of fused-ring (bicyclic) bond motifs is 6. The number of hydrogen-bond acceptors (Lipinski definition) is 14. The number of hydrogen-bond donors (Lipinski definition) is 9. The lowest BCUT2D eigenvalue weighted by atomic mass is 9.72. The van der Waals surface area contributed by atoms with Crippen molar-refractivity contribution in [3.05, 3.63) is 69.5 Å². The number of nitrogens with zero attached hydrogens (tertiary/aromatic N) is 1. The van der Waals surface area contributed by atoms with Crippen molar-refractivity contribution in [1.82, 2.24) is 15.8 Å². The van der Waals surface area contributed by atoms with Gasteiger partial charge in [0.25, 0.3) is 0 Å². The molecule has 14 nitrogen and oxygen atoms in total. The van der Waals surface area contributed by atoms with Crippen LogP contribution in [0.5, 0.6) is 11.5 Å². The predicted octanol–water partition coefficient (Wildman–Crippen LogP) is 0.554. The molecule has 3 aromatic rings. The minimum Gasteiger partial charge on any atom is -0.507 e. The number of rotatable bonds is 0. The molecule has 2 aromatic carbocycles. The second-order valence-electron chi connectivity index (χ2n) is 14.2. The molecule has 7 unspecified atom stereocenters. The van der Waals surface area contributed by atoms with E-state index in [9.17, 15) is 40.2 Å². The van der Waals surface area contributed by atoms with Gasteiger partial charge in [-0.1, -0.05) is 12.8 Å². The predicted molar refractivity (Wildman–Crippen MR) is 171 cm³/mol. The first-order valence-electron chi connectivity index (χ1n) is 16.6. The number of aryl methyl sites for hydroxylation is 2. The number of benzene rings is 2. The summed E-state index contributed by atoms with van der Waals surface area (Å²) in [5.74, 6) is -3.51. The van der Waals surface area contributed by atoms with Crippen LogP contribution < -0.4 is 20.9 Å². The van der Waals surface area contributed by atoms with Gasteiger partial charge in [-0.05, 0) is 61.4 Å². The lowest BCUT2D eigenvalue weighted by Crippen LogP contribution is -2.78. The number of aliphatic hydroxyl groups excluding tert-OH is 5. The van der Waals surface area contributed by atoms with E-state index in [1.54, 1.807) is 19.1 Å². The zero-order valence-corrected chi connectivity index (χ0v) is 26.5. The highest BCUT2D eigenvalue weighted by molar-refractivity contribution is 6.34. The second-order valence-corrected chi connectivity index (χ2v) is 14.2. The van der Waals surface area contributed by atoms with Crippen molar-refractivity contribution in [2.75, 3.05) is 11.9 Å². The molecule has 1 aromatic heterocycles. The summed E-state index contributed by atoms with van der Waals surface area (Å²) in [7, 11) is 0. The van der Waals surface area contributed by atoms with Gasteiger partial charge in [0, 0.05) is 52.4 Å². The minimum atomic E-state index is -2.14. The van der Waals surface area contributed by atoms with Gasteiger partial charge in [-0.25, -0.2) is 10.4 Å². The fraction of sp³-hybridized carbons (Fsp3) is 0.457. The zero-order valence-electron chi connectivity index (χ0n) is 26.5. The molecule has 256 valence electrons. The molecule has 3 spiro atoms. The van der Waals surface area contributed by atoms with Gasteiger partial charge in [-0.15, -0.1) is 0 Å². The molecule has 7 aliphatic rings. The highest BCUT2D eigenvalue weighted by Crippen LogP contribution is 2.54. The van der Waals surface area contributed by atoms with E-state index in [1.165, 1.54) is 18.3 Å². The average Bonchev–Trinajstić information content (AvgIpc) is 3.59. The summed E-state index contributed by atoms with van der Waals surface area (Å²) in [5.41, 5.74) is 3.90. The number of pyridine rings is 1. The number of nitrogens with one attached hydrogen (secondary N) is 3. The number of aliphatic hydroxyl groups is 5. The summed E-state index contributed by atoms with van der Waals surface area (Å²) in [6, 6.07) is 4.57. The molecule has 1 saturated heterocycles. The number of carbonyl (C=O) groups excluding carboxylic acids is 2. The maximum absolute atomic E-state index is 14.4. The number of phenols is 1. The van der Waals surface area contributed by atoms with Crippen LogP contribution in [0.4, 0.5) is 5.82 Å². The van der Waals surface area contributed by atoms with Gasteiger partial charge in [0.15, 0.2) is 17.6 Å². The highest BCUT2D eigenvalue weighted by Gasteiger charge is 2.66. The highest BCUT2D eigenvalue weighted by atomic mass is 16.7. The normalized spacial score (nSPS) is 34.1. The molecule has 14 heteroatoms. The van der Waals surface area contributed by atoms with Crippen LogP contribution in [0.2, 0.25) is 0 Å². The zero-order chi connectivity index (χ0) is 34.2. The van der Waals surface area contributed by atoms with Crippen molar-refractivity contribution in [2.24, 2.45) is 5.41 Å². The van der Waals surface area contributed by atoms with Crippen LogP contribution >= 0.6 is 0 Å². The fourth-order valence-electron chi connectivity index (χ4n) is 9.17. The first kappa shape index (κ1) is 30.9. The van der Waals surface area contributed by atoms with Crippen molar-refractivity contribution in [3.63, 3.8) is 0 Å². The van der Waals surface area contributed by atoms with Crippen molar-refractivity contribution < 1.29 is 49.7 Å². The van der Waals surface area contributed by atoms with Crippen molar-refractivity contribution >= 4 is 28.2 Å². The number of aromatic hydroxyl groups is 1. The third-order valence-corrected chi connectivity index (χ3v) is 11.6. The molecule has 9 N–H and O–H groups in total. The van der Waals surface area contributed by atoms with Crippen molar-refractivity contribution in [3.8, 4) is 11.5 Å². The number of ketones is 2. The van der Waals surface area contributed by atoms with Crippen LogP contribution in [0.1, 0.15) is 75.1 Å². The number of phenolic OH excluding ortho intramolecular Hbond substituents is 1. The molecule has 0 radical (unpaired) electrons. The van der Waals surface area contributed by atoms with Gasteiger partial charge < -0.3 is 50.9 Å². The van der Waals surface area contributed by atoms with E-state index in [0.29, 0.717) is 46.3 Å². The summed E-state index contributed by atoms with van der Waals surface area (Å²) in [6.07, 6.45) is -2.69. The Balaban J connectivity index is 1.36. The van der Waals surface area contributed by atoms with E-state index in [4.69, 9.17) is 9.47 Å². The van der Waals surface area contributed by atoms with Gasteiger partial charge in [-0.2, -0.15) is 0 Å². The summed E-state index contributed by atoms with van der Waals surface area (Å²) < 4.78 is 13.2. The lowest BCUT2D eigenvalue weighted by molar-refractivity contribution is -0.377. The quantitative estimate of drug-likeness (QED) is 0.125. The number of ether oxygens (including phenoxy) is 2. The summed E-state index contributed by atoms with van der Waals surface area (Å²) in [4.78, 5) is 33.5. The second kappa shape index (κ2) is 10.2. The monoisotopic (exact) mass is 672 g/mol. The Morgan fingerprint density at radius 2 is 1.73 bits per heavy atom. The van der Waals surface area contributed by atoms with Crippen LogP contribution in [0.15, 0.2) is 36.2 Å². The Bertz CT molecular complexity index is 2030. The minimum absolute atomic E-state index is 0.00463. The number of hydrazine groups is 1. The lowest BCUT2D eigenvalue weighted by Gasteiger charge is -2.57. The van der Waals surface area contributed by atoms with Crippen LogP contribution in [-0.2, 0) is 11.2 Å². The number of aromatic nitrogens is 1. The molecule has 6 bridgehead atoms. The van der Waals surface area contributed by atoms with Crippen molar-refractivity contribution in [1.29, 1.82) is 0 Å². The summed E-state index contributed by atoms with van der Waals surface area (Å²) in [6.45, 7) is 1.72. The number of carbonyl (C=O) groups is 2. The maximum Gasteiger partial charge on any atom is 0.240 e. The Kier molecular flexibility index (Phi) is 6.43. The topological polar surface area (TPSA) is 223 Å². The van der Waals surface area contributed by atoms with E-state index >= 15 is 0 Å².